The zero-order valence-corrected chi connectivity index (χ0v) is 16.0. The Morgan fingerprint density at radius 2 is 1.93 bits per heavy atom. The predicted octanol–water partition coefficient (Wildman–Crippen LogP) is 2.85. The highest BCUT2D eigenvalue weighted by Gasteiger charge is 2.19. The smallest absolute Gasteiger partial charge is 0.290 e. The Kier molecular flexibility index (Phi) is 4.29. The van der Waals surface area contributed by atoms with Crippen LogP contribution >= 0.6 is 11.3 Å². The van der Waals surface area contributed by atoms with Crippen LogP contribution in [0.4, 0.5) is 0 Å². The lowest BCUT2D eigenvalue weighted by Gasteiger charge is -2.09. The largest absolute Gasteiger partial charge is 0.497 e. The number of thiophene rings is 1. The molecule has 0 aliphatic carbocycles. The number of pyridine rings is 1. The monoisotopic (exact) mass is 382 g/mol. The molecule has 0 saturated heterocycles. The van der Waals surface area contributed by atoms with E-state index in [0.29, 0.717) is 28.4 Å². The summed E-state index contributed by atoms with van der Waals surface area (Å²) < 4.78 is 12.1. The summed E-state index contributed by atoms with van der Waals surface area (Å²) in [5.41, 5.74) is 2.85. The molecule has 0 aliphatic heterocycles. The van der Waals surface area contributed by atoms with E-state index in [0.717, 1.165) is 31.7 Å². The van der Waals surface area contributed by atoms with Crippen molar-refractivity contribution in [3.63, 3.8) is 0 Å². The minimum Gasteiger partial charge on any atom is -0.497 e. The third-order valence-electron chi connectivity index (χ3n) is 4.35. The molecule has 0 radical (unpaired) electrons. The van der Waals surface area contributed by atoms with Crippen LogP contribution in [0.5, 0.6) is 5.75 Å². The molecule has 0 bridgehead atoms. The van der Waals surface area contributed by atoms with Crippen LogP contribution < -0.4 is 16.1 Å². The first-order valence-electron chi connectivity index (χ1n) is 8.27. The minimum absolute atomic E-state index is 0.296. The number of rotatable bonds is 4. The van der Waals surface area contributed by atoms with E-state index in [1.165, 1.54) is 11.3 Å². The van der Waals surface area contributed by atoms with Crippen LogP contribution in [0.15, 0.2) is 35.1 Å². The van der Waals surface area contributed by atoms with Crippen LogP contribution in [0, 0.1) is 6.92 Å². The number of aromatic nitrogens is 3. The molecule has 0 aliphatic rings. The fraction of sp³-hybridized carbons (Fsp3) is 0.211. The van der Waals surface area contributed by atoms with Crippen molar-refractivity contribution in [2.45, 2.75) is 13.5 Å². The molecule has 0 amide bonds. The van der Waals surface area contributed by atoms with Crippen LogP contribution in [-0.4, -0.2) is 28.9 Å². The number of aryl methyl sites for hydroxylation is 1. The van der Waals surface area contributed by atoms with Crippen molar-refractivity contribution < 1.29 is 9.47 Å². The first-order valence-corrected chi connectivity index (χ1v) is 9.09. The lowest BCUT2D eigenvalue weighted by molar-refractivity contribution is 0.186. The topological polar surface area (TPSA) is 92.3 Å². The Hall–Kier alpha value is -2.97. The third kappa shape index (κ3) is 2.83. The van der Waals surface area contributed by atoms with Crippen LogP contribution in [0.3, 0.4) is 0 Å². The number of benzene rings is 1. The van der Waals surface area contributed by atoms with Crippen LogP contribution in [-0.2, 0) is 11.3 Å². The number of fused-ring (bicyclic) bond motifs is 3. The molecular formula is C19H18N4O3S. The fourth-order valence-corrected chi connectivity index (χ4v) is 4.27. The summed E-state index contributed by atoms with van der Waals surface area (Å²) in [6.45, 7) is 2.33. The molecule has 8 heteroatoms. The van der Waals surface area contributed by atoms with Crippen LogP contribution in [0.2, 0.25) is 0 Å². The third-order valence-corrected chi connectivity index (χ3v) is 5.41. The van der Waals surface area contributed by atoms with E-state index in [2.05, 4.69) is 4.98 Å². The number of nitrogens with two attached hydrogens (primary N) is 1. The number of hydrogen-bond donors (Lipinski definition) is 1. The van der Waals surface area contributed by atoms with Crippen molar-refractivity contribution in [2.24, 2.45) is 0 Å². The van der Waals surface area contributed by atoms with E-state index in [9.17, 15) is 4.79 Å². The quantitative estimate of drug-likeness (QED) is 0.546. The van der Waals surface area contributed by atoms with E-state index in [-0.39, 0.29) is 5.56 Å². The predicted molar refractivity (Wildman–Crippen MR) is 107 cm³/mol. The molecule has 0 saturated carbocycles. The highest BCUT2D eigenvalue weighted by atomic mass is 32.1. The van der Waals surface area contributed by atoms with Gasteiger partial charge < -0.3 is 15.3 Å². The van der Waals surface area contributed by atoms with Crippen LogP contribution in [0.25, 0.3) is 31.8 Å². The summed E-state index contributed by atoms with van der Waals surface area (Å²) in [6.07, 6.45) is 0. The summed E-state index contributed by atoms with van der Waals surface area (Å²) in [4.78, 5) is 23.0. The average molecular weight is 382 g/mol. The maximum atomic E-state index is 12.9. The SMILES string of the molecule is COCc1cc(C)nc2sc3c(=O)n(N)c(-c4ccc(OC)cc4)nc3c12. The summed E-state index contributed by atoms with van der Waals surface area (Å²) in [5, 5.41) is 0.843. The Bertz CT molecular complexity index is 1210. The molecule has 138 valence electrons. The van der Waals surface area contributed by atoms with Gasteiger partial charge in [-0.25, -0.2) is 14.6 Å². The molecule has 2 N–H and O–H groups in total. The normalized spacial score (nSPS) is 11.4. The van der Waals surface area contributed by atoms with Gasteiger partial charge in [0.1, 0.15) is 15.3 Å². The molecular weight excluding hydrogens is 364 g/mol. The van der Waals surface area contributed by atoms with Crippen molar-refractivity contribution in [3.8, 4) is 17.1 Å². The molecule has 4 aromatic rings. The standard InChI is InChI=1S/C19H18N4O3S/c1-10-8-12(9-25-2)14-15-16(27-18(14)21-10)19(24)23(20)17(22-15)11-4-6-13(26-3)7-5-11/h4-8H,9,20H2,1-3H3. The van der Waals surface area contributed by atoms with Gasteiger partial charge in [0.25, 0.3) is 5.56 Å². The first-order chi connectivity index (χ1) is 13.0. The molecule has 0 spiro atoms. The summed E-state index contributed by atoms with van der Waals surface area (Å²) in [5.74, 6) is 7.18. The van der Waals surface area contributed by atoms with E-state index >= 15 is 0 Å². The Morgan fingerprint density at radius 3 is 2.59 bits per heavy atom. The van der Waals surface area contributed by atoms with E-state index in [1.54, 1.807) is 26.4 Å². The van der Waals surface area contributed by atoms with Gasteiger partial charge in [-0.15, -0.1) is 11.3 Å². The lowest BCUT2D eigenvalue weighted by atomic mass is 10.1. The molecule has 3 heterocycles. The molecule has 0 atom stereocenters. The zero-order chi connectivity index (χ0) is 19.1. The van der Waals surface area contributed by atoms with Gasteiger partial charge in [-0.1, -0.05) is 0 Å². The molecule has 0 unspecified atom stereocenters. The molecule has 27 heavy (non-hydrogen) atoms. The Morgan fingerprint density at radius 1 is 1.19 bits per heavy atom. The van der Waals surface area contributed by atoms with Gasteiger partial charge in [0.2, 0.25) is 0 Å². The number of methoxy groups -OCH3 is 2. The second-order valence-electron chi connectivity index (χ2n) is 6.15. The molecule has 7 nitrogen and oxygen atoms in total. The van der Waals surface area contributed by atoms with Crippen molar-refractivity contribution >= 4 is 31.8 Å². The van der Waals surface area contributed by atoms with Crippen molar-refractivity contribution in [1.82, 2.24) is 14.6 Å². The zero-order valence-electron chi connectivity index (χ0n) is 15.1. The van der Waals surface area contributed by atoms with E-state index < -0.39 is 0 Å². The fourth-order valence-electron chi connectivity index (χ4n) is 3.13. The first kappa shape index (κ1) is 17.4. The molecule has 4 rings (SSSR count). The highest BCUT2D eigenvalue weighted by molar-refractivity contribution is 7.25. The number of nitrogen functional groups attached to an aromatic ring is 1. The summed E-state index contributed by atoms with van der Waals surface area (Å²) in [6, 6.07) is 9.21. The number of nitrogens with zero attached hydrogens (tertiary/aromatic N) is 3. The average Bonchev–Trinajstić information content (AvgIpc) is 3.03. The second kappa shape index (κ2) is 6.64. The van der Waals surface area contributed by atoms with Crippen molar-refractivity contribution in [2.75, 3.05) is 20.1 Å². The van der Waals surface area contributed by atoms with Gasteiger partial charge in [-0.3, -0.25) is 4.79 Å². The molecule has 0 fully saturated rings. The summed E-state index contributed by atoms with van der Waals surface area (Å²) >= 11 is 1.30. The number of hydrogen-bond acceptors (Lipinski definition) is 7. The van der Waals surface area contributed by atoms with Gasteiger partial charge in [0.15, 0.2) is 5.82 Å². The van der Waals surface area contributed by atoms with Gasteiger partial charge in [0, 0.05) is 23.8 Å². The van der Waals surface area contributed by atoms with Crippen LogP contribution in [0.1, 0.15) is 11.3 Å². The Labute approximate surface area is 159 Å². The maximum absolute atomic E-state index is 12.9. The minimum atomic E-state index is -0.296. The maximum Gasteiger partial charge on any atom is 0.290 e. The van der Waals surface area contributed by atoms with Gasteiger partial charge in [0.05, 0.1) is 19.2 Å². The van der Waals surface area contributed by atoms with Gasteiger partial charge in [-0.05, 0) is 42.8 Å². The van der Waals surface area contributed by atoms with Crippen molar-refractivity contribution in [3.05, 3.63) is 51.9 Å². The Balaban J connectivity index is 2.05. The van der Waals surface area contributed by atoms with Crippen molar-refractivity contribution in [1.29, 1.82) is 0 Å². The van der Waals surface area contributed by atoms with E-state index in [1.807, 2.05) is 25.1 Å². The number of ether oxygens (including phenoxy) is 2. The van der Waals surface area contributed by atoms with Gasteiger partial charge in [-0.2, -0.15) is 0 Å². The van der Waals surface area contributed by atoms with E-state index in [4.69, 9.17) is 20.3 Å². The van der Waals surface area contributed by atoms with Gasteiger partial charge >= 0.3 is 0 Å². The highest BCUT2D eigenvalue weighted by Crippen LogP contribution is 2.34. The lowest BCUT2D eigenvalue weighted by Crippen LogP contribution is -2.29. The molecule has 1 aromatic carbocycles. The second-order valence-corrected chi connectivity index (χ2v) is 7.15. The summed E-state index contributed by atoms with van der Waals surface area (Å²) in [7, 11) is 3.24. The molecule has 3 aromatic heterocycles.